The maximum Gasteiger partial charge on any atom is 0.312 e. The molecular formula is C43H65NO6. The second-order valence-corrected chi connectivity index (χ2v) is 15.6. The zero-order valence-corrected chi connectivity index (χ0v) is 32.8. The Morgan fingerprint density at radius 3 is 1.78 bits per heavy atom. The van der Waals surface area contributed by atoms with Crippen molar-refractivity contribution in [2.45, 2.75) is 127 Å². The number of allylic oxidation sites excluding steroid dienone is 1. The summed E-state index contributed by atoms with van der Waals surface area (Å²) in [5, 5.41) is 9.92. The molecule has 1 atom stereocenters. The first kappa shape index (κ1) is 42.5. The third kappa shape index (κ3) is 13.9. The van der Waals surface area contributed by atoms with Gasteiger partial charge in [-0.15, -0.1) is 0 Å². The molecule has 7 heteroatoms. The van der Waals surface area contributed by atoms with E-state index in [1.165, 1.54) is 32.1 Å². The highest BCUT2D eigenvalue weighted by molar-refractivity contribution is 5.90. The van der Waals surface area contributed by atoms with Gasteiger partial charge in [-0.2, -0.15) is 5.26 Å². The van der Waals surface area contributed by atoms with Gasteiger partial charge in [0.2, 0.25) is 0 Å². The molecule has 278 valence electrons. The van der Waals surface area contributed by atoms with E-state index < -0.39 is 5.41 Å². The number of unbranched alkanes of at least 4 members (excludes halogenated alkanes) is 8. The van der Waals surface area contributed by atoms with E-state index in [1.54, 1.807) is 7.11 Å². The molecule has 0 fully saturated rings. The highest BCUT2D eigenvalue weighted by Gasteiger charge is 2.47. The Bertz CT molecular complexity index is 1390. The van der Waals surface area contributed by atoms with Crippen molar-refractivity contribution in [3.63, 3.8) is 0 Å². The van der Waals surface area contributed by atoms with Gasteiger partial charge in [-0.1, -0.05) is 92.6 Å². The van der Waals surface area contributed by atoms with Crippen LogP contribution in [0, 0.1) is 27.6 Å². The fourth-order valence-electron chi connectivity index (χ4n) is 6.11. The minimum atomic E-state index is -0.498. The van der Waals surface area contributed by atoms with Crippen LogP contribution in [0.15, 0.2) is 36.4 Å². The Balaban J connectivity index is 1.70. The summed E-state index contributed by atoms with van der Waals surface area (Å²) in [7, 11) is 1.63. The predicted octanol–water partition coefficient (Wildman–Crippen LogP) is 11.5. The lowest BCUT2D eigenvalue weighted by atomic mass is 9.61. The normalized spacial score (nSPS) is 13.3. The average Bonchev–Trinajstić information content (AvgIpc) is 3.05. The first-order valence-electron chi connectivity index (χ1n) is 18.7. The number of rotatable bonds is 22. The van der Waals surface area contributed by atoms with Gasteiger partial charge < -0.3 is 23.7 Å². The van der Waals surface area contributed by atoms with Crippen LogP contribution < -0.4 is 18.9 Å². The fourth-order valence-corrected chi connectivity index (χ4v) is 6.11. The summed E-state index contributed by atoms with van der Waals surface area (Å²) < 4.78 is 28.9. The molecule has 0 aliphatic heterocycles. The summed E-state index contributed by atoms with van der Waals surface area (Å²) in [5.74, 6) is 2.57. The number of esters is 1. The minimum absolute atomic E-state index is 0.0567. The first-order valence-corrected chi connectivity index (χ1v) is 18.7. The van der Waals surface area contributed by atoms with Crippen LogP contribution in [0.1, 0.15) is 138 Å². The molecule has 0 saturated carbocycles. The molecule has 2 aromatic rings. The molecular weight excluding hydrogens is 626 g/mol. The van der Waals surface area contributed by atoms with Crippen LogP contribution in [0.3, 0.4) is 0 Å². The van der Waals surface area contributed by atoms with Gasteiger partial charge >= 0.3 is 5.97 Å². The maximum absolute atomic E-state index is 13.1. The molecule has 0 spiro atoms. The van der Waals surface area contributed by atoms with Crippen molar-refractivity contribution in [1.29, 1.82) is 5.26 Å². The zero-order valence-electron chi connectivity index (χ0n) is 32.8. The summed E-state index contributed by atoms with van der Waals surface area (Å²) >= 11 is 0. The lowest BCUT2D eigenvalue weighted by Gasteiger charge is -2.43. The van der Waals surface area contributed by atoms with Gasteiger partial charge in [0.15, 0.2) is 23.0 Å². The van der Waals surface area contributed by atoms with E-state index >= 15 is 0 Å². The fraction of sp³-hybridized carbons (Fsp3) is 0.628. The largest absolute Gasteiger partial charge is 0.493 e. The van der Waals surface area contributed by atoms with Gasteiger partial charge in [-0.05, 0) is 98.4 Å². The molecule has 0 aromatic heterocycles. The second-order valence-electron chi connectivity index (χ2n) is 15.6. The van der Waals surface area contributed by atoms with E-state index in [2.05, 4.69) is 54.5 Å². The van der Waals surface area contributed by atoms with Gasteiger partial charge in [-0.3, -0.25) is 4.79 Å². The lowest BCUT2D eigenvalue weighted by Crippen LogP contribution is -2.44. The van der Waals surface area contributed by atoms with Gasteiger partial charge in [0.05, 0.1) is 50.6 Å². The lowest BCUT2D eigenvalue weighted by molar-refractivity contribution is -0.164. The molecule has 2 rings (SSSR count). The van der Waals surface area contributed by atoms with Crippen LogP contribution in [0.5, 0.6) is 23.0 Å². The molecule has 0 aliphatic rings. The molecule has 1 unspecified atom stereocenters. The highest BCUT2D eigenvalue weighted by atomic mass is 16.5. The number of carbonyl (C=O) groups is 1. The Hall–Kier alpha value is -3.66. The van der Waals surface area contributed by atoms with E-state index in [0.29, 0.717) is 55.0 Å². The van der Waals surface area contributed by atoms with E-state index in [1.807, 2.05) is 56.3 Å². The molecule has 7 nitrogen and oxygen atoms in total. The number of hydrogen-bond donors (Lipinski definition) is 0. The molecule has 0 bridgehead atoms. The molecule has 0 saturated heterocycles. The molecule has 0 radical (unpaired) electrons. The van der Waals surface area contributed by atoms with Crippen molar-refractivity contribution in [1.82, 2.24) is 0 Å². The summed E-state index contributed by atoms with van der Waals surface area (Å²) in [6, 6.07) is 13.6. The minimum Gasteiger partial charge on any atom is -0.493 e. The van der Waals surface area contributed by atoms with Crippen molar-refractivity contribution in [2.24, 2.45) is 16.2 Å². The topological polar surface area (TPSA) is 87.0 Å². The number of carbonyl (C=O) groups excluding carboxylic acids is 1. The van der Waals surface area contributed by atoms with Crippen molar-refractivity contribution in [3.8, 4) is 29.1 Å². The monoisotopic (exact) mass is 691 g/mol. The molecule has 2 aromatic carbocycles. The highest BCUT2D eigenvalue weighted by Crippen LogP contribution is 2.47. The maximum atomic E-state index is 13.1. The standard InChI is InChI=1S/C43H65NO6/c1-11-47-37-25-23-34(30-39(37)48-12-2)35(31-44)28-33-22-24-36(38(29-33)46-10)49-26-20-18-16-14-13-15-17-19-21-27-50-40(45)43(9,42(6,7)8)32-41(3,4)5/h22-25,28-30H,11-21,26-27,32H2,1-10H3. The number of methoxy groups -OCH3 is 1. The Morgan fingerprint density at radius 1 is 0.700 bits per heavy atom. The summed E-state index contributed by atoms with van der Waals surface area (Å²) in [6.07, 6.45) is 12.8. The van der Waals surface area contributed by atoms with Gasteiger partial charge in [-0.25, -0.2) is 0 Å². The zero-order chi connectivity index (χ0) is 37.2. The first-order chi connectivity index (χ1) is 23.7. The number of ether oxygens (including phenoxy) is 5. The second kappa shape index (κ2) is 20.9. The number of benzene rings is 2. The van der Waals surface area contributed by atoms with Crippen LogP contribution >= 0.6 is 0 Å². The Morgan fingerprint density at radius 2 is 1.24 bits per heavy atom. The third-order valence-electron chi connectivity index (χ3n) is 9.24. The SMILES string of the molecule is CCOc1ccc(C(C#N)=Cc2ccc(OCCCCCCCCCCCOC(=O)C(C)(CC(C)(C)C)C(C)(C)C)c(OC)c2)cc1OCC. The number of nitriles is 1. The summed E-state index contributed by atoms with van der Waals surface area (Å²) in [6.45, 7) is 21.1. The third-order valence-corrected chi connectivity index (χ3v) is 9.24. The average molecular weight is 692 g/mol. The molecule has 0 heterocycles. The van der Waals surface area contributed by atoms with Crippen LogP contribution in [0.2, 0.25) is 0 Å². The van der Waals surface area contributed by atoms with Gasteiger partial charge in [0.25, 0.3) is 0 Å². The van der Waals surface area contributed by atoms with Crippen LogP contribution in [-0.2, 0) is 9.53 Å². The number of nitrogens with zero attached hydrogens (tertiary/aromatic N) is 1. The van der Waals surface area contributed by atoms with Crippen molar-refractivity contribution in [2.75, 3.05) is 33.5 Å². The summed E-state index contributed by atoms with van der Waals surface area (Å²) in [5.41, 5.74) is 1.53. The molecule has 0 amide bonds. The van der Waals surface area contributed by atoms with E-state index in [0.717, 1.165) is 43.2 Å². The summed E-state index contributed by atoms with van der Waals surface area (Å²) in [4.78, 5) is 13.1. The molecule has 0 aliphatic carbocycles. The van der Waals surface area contributed by atoms with Crippen molar-refractivity contribution >= 4 is 17.6 Å². The van der Waals surface area contributed by atoms with Crippen molar-refractivity contribution < 1.29 is 28.5 Å². The van der Waals surface area contributed by atoms with Crippen LogP contribution in [0.4, 0.5) is 0 Å². The predicted molar refractivity (Wildman–Crippen MR) is 205 cm³/mol. The van der Waals surface area contributed by atoms with Crippen LogP contribution in [0.25, 0.3) is 11.6 Å². The molecule has 50 heavy (non-hydrogen) atoms. The van der Waals surface area contributed by atoms with Gasteiger partial charge in [0, 0.05) is 0 Å². The van der Waals surface area contributed by atoms with E-state index in [4.69, 9.17) is 23.7 Å². The molecule has 0 N–H and O–H groups in total. The smallest absolute Gasteiger partial charge is 0.312 e. The quantitative estimate of drug-likeness (QED) is 0.0525. The Kier molecular flexibility index (Phi) is 17.8. The van der Waals surface area contributed by atoms with E-state index in [-0.39, 0.29) is 16.8 Å². The van der Waals surface area contributed by atoms with E-state index in [9.17, 15) is 10.1 Å². The van der Waals surface area contributed by atoms with Crippen molar-refractivity contribution in [3.05, 3.63) is 47.5 Å². The van der Waals surface area contributed by atoms with Gasteiger partial charge in [0.1, 0.15) is 0 Å². The Labute approximate surface area is 303 Å². The van der Waals surface area contributed by atoms with Crippen LogP contribution in [-0.4, -0.2) is 39.5 Å². The number of hydrogen-bond acceptors (Lipinski definition) is 7.